The number of aromatic nitrogens is 5. The zero-order chi connectivity index (χ0) is 46.7. The van der Waals surface area contributed by atoms with Gasteiger partial charge in [0.05, 0.1) is 5.69 Å². The normalized spacial score (nSPS) is 12.1. The fraction of sp³-hybridized carbons (Fsp3) is 0.197. The van der Waals surface area contributed by atoms with Crippen molar-refractivity contribution in [2.24, 2.45) is 0 Å². The van der Waals surface area contributed by atoms with Crippen molar-refractivity contribution < 1.29 is 30.5 Å². The van der Waals surface area contributed by atoms with Crippen molar-refractivity contribution in [2.45, 2.75) is 78.6 Å². The standard InChI is InChI=1S/C61H55N5O.Pt/c1-59(2,3)44-25-18-24-43(34-44)58-63-65(57-50(41-20-12-10-13-21-41)27-19-28-51(57)42-22-14-11-15-23-42)40-64(58)47-35-46(61(7,8)9)36-49(38-47)67-48-30-31-53-52-26-16-17-29-54(52)66(55(53)39-48)56-37-45(32-33-62-56)60(4,5)6;/h10-37H,1-9H3;/q-2;. The van der Waals surface area contributed by atoms with Gasteiger partial charge in [0.1, 0.15) is 5.82 Å². The number of nitrogens with zero attached hydrogens (tertiary/aromatic N) is 5. The van der Waals surface area contributed by atoms with E-state index in [9.17, 15) is 0 Å². The van der Waals surface area contributed by atoms with Crippen LogP contribution in [0.5, 0.6) is 11.5 Å². The van der Waals surface area contributed by atoms with Gasteiger partial charge < -0.3 is 13.9 Å². The van der Waals surface area contributed by atoms with Crippen LogP contribution in [0.25, 0.3) is 72.6 Å². The number of para-hydroxylation sites is 2. The third kappa shape index (κ3) is 8.98. The van der Waals surface area contributed by atoms with Crippen LogP contribution in [0, 0.1) is 18.5 Å². The predicted molar refractivity (Wildman–Crippen MR) is 273 cm³/mol. The Kier molecular flexibility index (Phi) is 12.2. The molecule has 0 saturated carbocycles. The minimum absolute atomic E-state index is 0. The molecule has 0 radical (unpaired) electrons. The summed E-state index contributed by atoms with van der Waals surface area (Å²) in [5, 5.41) is 7.69. The Balaban J connectivity index is 0.00000578. The van der Waals surface area contributed by atoms with Gasteiger partial charge in [0.2, 0.25) is 0 Å². The Morgan fingerprint density at radius 1 is 0.515 bits per heavy atom. The number of hydrogen-bond acceptors (Lipinski definition) is 3. The van der Waals surface area contributed by atoms with Gasteiger partial charge in [-0.25, -0.2) is 4.98 Å². The average molecular weight is 1070 g/mol. The summed E-state index contributed by atoms with van der Waals surface area (Å²) >= 11 is 0. The summed E-state index contributed by atoms with van der Waals surface area (Å²) in [6.45, 7) is 20.1. The molecule has 0 aliphatic rings. The largest absolute Gasteiger partial charge is 0.510 e. The van der Waals surface area contributed by atoms with Gasteiger partial charge in [-0.05, 0) is 73.2 Å². The number of benzene rings is 7. The summed E-state index contributed by atoms with van der Waals surface area (Å²) in [6.07, 6.45) is 5.66. The molecule has 0 N–H and O–H groups in total. The molecule has 0 bridgehead atoms. The second-order valence-corrected chi connectivity index (χ2v) is 20.5. The Morgan fingerprint density at radius 3 is 1.78 bits per heavy atom. The predicted octanol–water partition coefficient (Wildman–Crippen LogP) is 14.7. The maximum atomic E-state index is 6.90. The number of pyridine rings is 1. The third-order valence-electron chi connectivity index (χ3n) is 12.6. The first-order chi connectivity index (χ1) is 32.1. The number of hydrogen-bond donors (Lipinski definition) is 0. The first kappa shape index (κ1) is 46.2. The molecule has 3 heterocycles. The molecule has 7 heteroatoms. The topological polar surface area (TPSA) is 48.8 Å². The van der Waals surface area contributed by atoms with Gasteiger partial charge in [-0.1, -0.05) is 195 Å². The molecule has 0 fully saturated rings. The second kappa shape index (κ2) is 18.0. The minimum atomic E-state index is -0.241. The van der Waals surface area contributed by atoms with Crippen LogP contribution in [0.4, 0.5) is 0 Å². The van der Waals surface area contributed by atoms with Gasteiger partial charge >= 0.3 is 0 Å². The summed E-state index contributed by atoms with van der Waals surface area (Å²) in [5.74, 6) is 2.70. The van der Waals surface area contributed by atoms with E-state index in [-0.39, 0.29) is 37.3 Å². The van der Waals surface area contributed by atoms with E-state index in [0.717, 1.165) is 78.2 Å². The molecule has 0 aliphatic heterocycles. The summed E-state index contributed by atoms with van der Waals surface area (Å²) in [5.41, 5.74) is 12.0. The first-order valence-corrected chi connectivity index (χ1v) is 23.1. The van der Waals surface area contributed by atoms with Gasteiger partial charge in [0, 0.05) is 49.8 Å². The Labute approximate surface area is 415 Å². The van der Waals surface area contributed by atoms with E-state index in [4.69, 9.17) is 14.8 Å². The zero-order valence-electron chi connectivity index (χ0n) is 40.1. The van der Waals surface area contributed by atoms with Gasteiger partial charge in [0.15, 0.2) is 5.82 Å². The zero-order valence-corrected chi connectivity index (χ0v) is 42.4. The van der Waals surface area contributed by atoms with Gasteiger partial charge in [-0.15, -0.1) is 34.8 Å². The van der Waals surface area contributed by atoms with Crippen LogP contribution in [0.1, 0.15) is 79.0 Å². The SMILES string of the molecule is CC(C)(C)c1cc(Oc2[c-]c3c(cc2)c2ccccc2n3-c2cc(C(C)(C)C)ccn2)[c-]c(-n2[c-][n+](-c3c(-c4ccccc4)cccc3-c3ccccc3)nc2-c2cccc(C(C)(C)C)c2)c1.[Pt]. The molecule has 0 aliphatic carbocycles. The minimum Gasteiger partial charge on any atom is -0.510 e. The fourth-order valence-corrected chi connectivity index (χ4v) is 8.79. The summed E-state index contributed by atoms with van der Waals surface area (Å²) in [7, 11) is 0. The fourth-order valence-electron chi connectivity index (χ4n) is 8.79. The van der Waals surface area contributed by atoms with Crippen molar-refractivity contribution in [1.29, 1.82) is 0 Å². The number of fused-ring (bicyclic) bond motifs is 3. The maximum absolute atomic E-state index is 6.90. The van der Waals surface area contributed by atoms with E-state index >= 15 is 0 Å². The summed E-state index contributed by atoms with van der Waals surface area (Å²) < 4.78 is 13.1. The Morgan fingerprint density at radius 2 is 1.12 bits per heavy atom. The molecular formula is C61H55N5OPt-2. The Bertz CT molecular complexity index is 3380. The van der Waals surface area contributed by atoms with Crippen molar-refractivity contribution >= 4 is 21.8 Å². The second-order valence-electron chi connectivity index (χ2n) is 20.5. The monoisotopic (exact) mass is 1070 g/mol. The van der Waals surface area contributed by atoms with E-state index in [1.54, 1.807) is 0 Å². The smallest absolute Gasteiger partial charge is 0.272 e. The molecule has 68 heavy (non-hydrogen) atoms. The molecule has 3 aromatic heterocycles. The number of rotatable bonds is 8. The van der Waals surface area contributed by atoms with Crippen molar-refractivity contribution in [1.82, 2.24) is 19.2 Å². The molecule has 0 unspecified atom stereocenters. The van der Waals surface area contributed by atoms with E-state index in [1.165, 1.54) is 11.1 Å². The van der Waals surface area contributed by atoms with Gasteiger partial charge in [0.25, 0.3) is 6.33 Å². The molecular weight excluding hydrogens is 1010 g/mol. The molecule has 6 nitrogen and oxygen atoms in total. The molecule has 10 rings (SSSR count). The molecule has 342 valence electrons. The molecule has 0 atom stereocenters. The average Bonchev–Trinajstić information content (AvgIpc) is 3.91. The van der Waals surface area contributed by atoms with Crippen molar-refractivity contribution in [3.05, 3.63) is 205 Å². The van der Waals surface area contributed by atoms with Crippen LogP contribution < -0.4 is 9.42 Å². The molecule has 10 aromatic rings. The van der Waals surface area contributed by atoms with Gasteiger partial charge in [-0.3, -0.25) is 0 Å². The van der Waals surface area contributed by atoms with E-state index in [1.807, 2.05) is 21.5 Å². The van der Waals surface area contributed by atoms with Crippen molar-refractivity contribution in [3.63, 3.8) is 0 Å². The Hall–Kier alpha value is -6.88. The van der Waals surface area contributed by atoms with Crippen LogP contribution in [0.3, 0.4) is 0 Å². The van der Waals surface area contributed by atoms with Crippen molar-refractivity contribution in [3.8, 4) is 62.3 Å². The van der Waals surface area contributed by atoms with Crippen LogP contribution >= 0.6 is 0 Å². The molecule has 0 spiro atoms. The van der Waals surface area contributed by atoms with E-state index < -0.39 is 0 Å². The van der Waals surface area contributed by atoms with Crippen LogP contribution in [0.15, 0.2) is 170 Å². The van der Waals surface area contributed by atoms with Crippen LogP contribution in [-0.2, 0) is 37.3 Å². The molecule has 0 saturated heterocycles. The van der Waals surface area contributed by atoms with Crippen LogP contribution in [0.2, 0.25) is 0 Å². The van der Waals surface area contributed by atoms with Crippen molar-refractivity contribution in [2.75, 3.05) is 0 Å². The maximum Gasteiger partial charge on any atom is 0.272 e. The van der Waals surface area contributed by atoms with Gasteiger partial charge in [-0.2, -0.15) is 22.4 Å². The molecule has 7 aromatic carbocycles. The number of ether oxygens (including phenoxy) is 1. The summed E-state index contributed by atoms with van der Waals surface area (Å²) in [6, 6.07) is 64.7. The first-order valence-electron chi connectivity index (χ1n) is 23.1. The van der Waals surface area contributed by atoms with E-state index in [0.29, 0.717) is 11.5 Å². The van der Waals surface area contributed by atoms with Crippen LogP contribution in [-0.4, -0.2) is 19.2 Å². The van der Waals surface area contributed by atoms with E-state index in [2.05, 4.69) is 243 Å². The quantitative estimate of drug-likeness (QED) is 0.113. The third-order valence-corrected chi connectivity index (χ3v) is 12.6. The molecule has 0 amide bonds. The summed E-state index contributed by atoms with van der Waals surface area (Å²) in [4.78, 5) is 4.90.